The first-order chi connectivity index (χ1) is 18.8. The number of anilines is 3. The average molecular weight is 553 g/mol. The molecule has 6 aromatic rings. The van der Waals surface area contributed by atoms with Crippen LogP contribution in [0, 0.1) is 0 Å². The van der Waals surface area contributed by atoms with Gasteiger partial charge < -0.3 is 4.90 Å². The summed E-state index contributed by atoms with van der Waals surface area (Å²) in [5.74, 6) is 0. The summed E-state index contributed by atoms with van der Waals surface area (Å²) in [4.78, 5) is 2.38. The molecule has 0 saturated heterocycles. The van der Waals surface area contributed by atoms with Crippen molar-refractivity contribution in [3.8, 4) is 33.4 Å². The SMILES string of the molecule is Brc1ccccc1-c1ccccc1N(c1ccccc1)c1ccccc1-c1ccccc1-c1ccccc1. The smallest absolute Gasteiger partial charge is 0.0540 e. The van der Waals surface area contributed by atoms with Gasteiger partial charge in [0, 0.05) is 21.3 Å². The Labute approximate surface area is 232 Å². The van der Waals surface area contributed by atoms with Gasteiger partial charge in [-0.3, -0.25) is 0 Å². The summed E-state index contributed by atoms with van der Waals surface area (Å²) >= 11 is 3.80. The maximum atomic E-state index is 3.80. The Kier molecular flexibility index (Phi) is 6.89. The first-order valence-corrected chi connectivity index (χ1v) is 13.5. The molecule has 0 aromatic heterocycles. The van der Waals surface area contributed by atoms with Crippen molar-refractivity contribution < 1.29 is 0 Å². The Morgan fingerprint density at radius 1 is 0.342 bits per heavy atom. The predicted molar refractivity (Wildman–Crippen MR) is 165 cm³/mol. The van der Waals surface area contributed by atoms with E-state index >= 15 is 0 Å². The second-order valence-corrected chi connectivity index (χ2v) is 9.95. The first-order valence-electron chi connectivity index (χ1n) is 12.7. The predicted octanol–water partition coefficient (Wildman–Crippen LogP) is 10.9. The van der Waals surface area contributed by atoms with Crippen molar-refractivity contribution in [2.45, 2.75) is 0 Å². The maximum Gasteiger partial charge on any atom is 0.0540 e. The van der Waals surface area contributed by atoms with E-state index in [1.54, 1.807) is 0 Å². The normalized spacial score (nSPS) is 10.8. The molecule has 0 saturated carbocycles. The van der Waals surface area contributed by atoms with Crippen molar-refractivity contribution in [2.75, 3.05) is 4.90 Å². The van der Waals surface area contributed by atoms with Crippen molar-refractivity contribution in [3.05, 3.63) is 162 Å². The lowest BCUT2D eigenvalue weighted by atomic mass is 9.92. The molecule has 0 bridgehead atoms. The van der Waals surface area contributed by atoms with E-state index in [1.165, 1.54) is 22.3 Å². The minimum atomic E-state index is 1.07. The molecule has 0 aliphatic carbocycles. The Morgan fingerprint density at radius 3 is 1.37 bits per heavy atom. The lowest BCUT2D eigenvalue weighted by Gasteiger charge is -2.30. The van der Waals surface area contributed by atoms with E-state index in [0.29, 0.717) is 0 Å². The Morgan fingerprint density at radius 2 is 0.763 bits per heavy atom. The third kappa shape index (κ3) is 4.67. The molecule has 0 fully saturated rings. The molecule has 0 N–H and O–H groups in total. The molecular formula is C36H26BrN. The zero-order valence-corrected chi connectivity index (χ0v) is 22.4. The standard InChI is InChI=1S/C36H26BrN/c37-34-24-12-9-21-31(34)33-23-11-14-26-36(33)38(28-17-5-2-6-18-28)35-25-13-10-22-32(35)30-20-8-7-19-29(30)27-15-3-1-4-16-27/h1-26H. The van der Waals surface area contributed by atoms with Crippen molar-refractivity contribution in [2.24, 2.45) is 0 Å². The van der Waals surface area contributed by atoms with Crippen LogP contribution in [0.3, 0.4) is 0 Å². The number of hydrogen-bond acceptors (Lipinski definition) is 1. The van der Waals surface area contributed by atoms with Crippen molar-refractivity contribution >= 4 is 33.0 Å². The molecule has 0 unspecified atom stereocenters. The molecule has 0 atom stereocenters. The first kappa shape index (κ1) is 24.0. The van der Waals surface area contributed by atoms with Crippen LogP contribution in [0.1, 0.15) is 0 Å². The zero-order valence-electron chi connectivity index (χ0n) is 20.8. The van der Waals surface area contributed by atoms with Gasteiger partial charge in [-0.2, -0.15) is 0 Å². The highest BCUT2D eigenvalue weighted by Gasteiger charge is 2.21. The fraction of sp³-hybridized carbons (Fsp3) is 0. The molecule has 0 aliphatic rings. The fourth-order valence-electron chi connectivity index (χ4n) is 5.04. The number of benzene rings is 6. The fourth-order valence-corrected chi connectivity index (χ4v) is 5.54. The molecule has 0 aliphatic heterocycles. The minimum absolute atomic E-state index is 1.07. The number of halogens is 1. The van der Waals surface area contributed by atoms with Gasteiger partial charge in [0.2, 0.25) is 0 Å². The quantitative estimate of drug-likeness (QED) is 0.199. The van der Waals surface area contributed by atoms with Crippen molar-refractivity contribution in [1.82, 2.24) is 0 Å². The number of nitrogens with zero attached hydrogens (tertiary/aromatic N) is 1. The third-order valence-electron chi connectivity index (χ3n) is 6.77. The van der Waals surface area contributed by atoms with Gasteiger partial charge in [-0.05, 0) is 52.6 Å². The van der Waals surface area contributed by atoms with E-state index in [1.807, 2.05) is 0 Å². The average Bonchev–Trinajstić information content (AvgIpc) is 2.99. The number of hydrogen-bond donors (Lipinski definition) is 0. The molecule has 0 spiro atoms. The summed E-state index contributed by atoms with van der Waals surface area (Å²) in [6.07, 6.45) is 0. The van der Waals surface area contributed by atoms with E-state index in [9.17, 15) is 0 Å². The van der Waals surface area contributed by atoms with E-state index < -0.39 is 0 Å². The highest BCUT2D eigenvalue weighted by molar-refractivity contribution is 9.10. The maximum absolute atomic E-state index is 3.80. The second-order valence-electron chi connectivity index (χ2n) is 9.10. The lowest BCUT2D eigenvalue weighted by molar-refractivity contribution is 1.28. The highest BCUT2D eigenvalue weighted by atomic mass is 79.9. The Bertz CT molecular complexity index is 1680. The monoisotopic (exact) mass is 551 g/mol. The van der Waals surface area contributed by atoms with Crippen molar-refractivity contribution in [3.63, 3.8) is 0 Å². The summed E-state index contributed by atoms with van der Waals surface area (Å²) in [7, 11) is 0. The van der Waals surface area contributed by atoms with Crippen LogP contribution < -0.4 is 4.90 Å². The molecular weight excluding hydrogens is 526 g/mol. The van der Waals surface area contributed by atoms with Crippen LogP contribution >= 0.6 is 15.9 Å². The summed E-state index contributed by atoms with van der Waals surface area (Å²) in [5.41, 5.74) is 10.5. The van der Waals surface area contributed by atoms with Gasteiger partial charge in [0.05, 0.1) is 11.4 Å². The lowest BCUT2D eigenvalue weighted by Crippen LogP contribution is -2.12. The van der Waals surface area contributed by atoms with E-state index in [4.69, 9.17) is 0 Å². The molecule has 0 heterocycles. The molecule has 2 heteroatoms. The van der Waals surface area contributed by atoms with Gasteiger partial charge in [0.25, 0.3) is 0 Å². The molecule has 6 rings (SSSR count). The van der Waals surface area contributed by atoms with Crippen LogP contribution in [0.4, 0.5) is 17.1 Å². The summed E-state index contributed by atoms with van der Waals surface area (Å²) in [6, 6.07) is 55.7. The Hall–Kier alpha value is -4.40. The van der Waals surface area contributed by atoms with Gasteiger partial charge in [0.1, 0.15) is 0 Å². The van der Waals surface area contributed by atoms with E-state index in [0.717, 1.165) is 32.7 Å². The van der Waals surface area contributed by atoms with Gasteiger partial charge in [-0.15, -0.1) is 0 Å². The number of rotatable bonds is 6. The summed E-state index contributed by atoms with van der Waals surface area (Å²) in [5, 5.41) is 0. The summed E-state index contributed by atoms with van der Waals surface area (Å²) in [6.45, 7) is 0. The molecule has 182 valence electrons. The largest absolute Gasteiger partial charge is 0.309 e. The topological polar surface area (TPSA) is 3.24 Å². The highest BCUT2D eigenvalue weighted by Crippen LogP contribution is 2.46. The third-order valence-corrected chi connectivity index (χ3v) is 7.46. The molecule has 0 amide bonds. The van der Waals surface area contributed by atoms with Crippen LogP contribution in [0.25, 0.3) is 33.4 Å². The van der Waals surface area contributed by atoms with Crippen LogP contribution in [-0.4, -0.2) is 0 Å². The van der Waals surface area contributed by atoms with Gasteiger partial charge >= 0.3 is 0 Å². The van der Waals surface area contributed by atoms with Crippen LogP contribution in [0.15, 0.2) is 162 Å². The molecule has 1 nitrogen and oxygen atoms in total. The van der Waals surface area contributed by atoms with Gasteiger partial charge in [0.15, 0.2) is 0 Å². The molecule has 0 radical (unpaired) electrons. The van der Waals surface area contributed by atoms with Crippen LogP contribution in [0.5, 0.6) is 0 Å². The molecule has 38 heavy (non-hydrogen) atoms. The van der Waals surface area contributed by atoms with E-state index in [2.05, 4.69) is 179 Å². The minimum Gasteiger partial charge on any atom is -0.309 e. The number of para-hydroxylation sites is 3. The van der Waals surface area contributed by atoms with E-state index in [-0.39, 0.29) is 0 Å². The van der Waals surface area contributed by atoms with Gasteiger partial charge in [-0.1, -0.05) is 143 Å². The Balaban J connectivity index is 1.62. The molecule has 6 aromatic carbocycles. The van der Waals surface area contributed by atoms with Crippen LogP contribution in [0.2, 0.25) is 0 Å². The van der Waals surface area contributed by atoms with Crippen LogP contribution in [-0.2, 0) is 0 Å². The van der Waals surface area contributed by atoms with Crippen molar-refractivity contribution in [1.29, 1.82) is 0 Å². The second kappa shape index (κ2) is 10.9. The summed E-state index contributed by atoms with van der Waals surface area (Å²) < 4.78 is 1.07. The van der Waals surface area contributed by atoms with Gasteiger partial charge in [-0.25, -0.2) is 0 Å². The zero-order chi connectivity index (χ0) is 25.7.